The van der Waals surface area contributed by atoms with E-state index in [1.165, 1.54) is 5.75 Å². The molecule has 0 spiro atoms. The highest BCUT2D eigenvalue weighted by Gasteiger charge is 2.17. The van der Waals surface area contributed by atoms with Gasteiger partial charge in [-0.05, 0) is 13.1 Å². The largest absolute Gasteiger partial charge is 0.339 e. The van der Waals surface area contributed by atoms with Crippen LogP contribution in [0, 0.1) is 0 Å². The third-order valence-corrected chi connectivity index (χ3v) is 4.61. The molecule has 1 fully saturated rings. The fourth-order valence-corrected chi connectivity index (χ4v) is 3.18. The van der Waals surface area contributed by atoms with E-state index in [0.29, 0.717) is 6.04 Å². The van der Waals surface area contributed by atoms with Gasteiger partial charge in [-0.2, -0.15) is 16.7 Å². The van der Waals surface area contributed by atoms with Crippen LogP contribution in [0.2, 0.25) is 0 Å². The van der Waals surface area contributed by atoms with Gasteiger partial charge in [0.15, 0.2) is 5.82 Å². The predicted molar refractivity (Wildman–Crippen MR) is 78.6 cm³/mol. The fourth-order valence-electron chi connectivity index (χ4n) is 2.23. The van der Waals surface area contributed by atoms with Crippen molar-refractivity contribution in [2.75, 3.05) is 37.7 Å². The summed E-state index contributed by atoms with van der Waals surface area (Å²) in [4.78, 5) is 6.86. The number of aromatic nitrogens is 2. The van der Waals surface area contributed by atoms with Gasteiger partial charge in [-0.25, -0.2) is 0 Å². The van der Waals surface area contributed by atoms with E-state index in [-0.39, 0.29) is 0 Å². The van der Waals surface area contributed by atoms with E-state index in [0.717, 1.165) is 56.5 Å². The molecule has 0 aromatic carbocycles. The molecule has 1 aromatic rings. The Morgan fingerprint density at radius 1 is 1.42 bits per heavy atom. The van der Waals surface area contributed by atoms with E-state index >= 15 is 0 Å². The number of likely N-dealkylation sites (N-methyl/N-ethyl adjacent to an activating group) is 1. The number of nitrogens with zero attached hydrogens (tertiary/aromatic N) is 3. The van der Waals surface area contributed by atoms with Crippen molar-refractivity contribution >= 4 is 11.8 Å². The highest BCUT2D eigenvalue weighted by atomic mass is 32.2. The number of thioether (sulfide) groups is 1. The second-order valence-electron chi connectivity index (χ2n) is 4.81. The maximum Gasteiger partial charge on any atom is 0.228 e. The number of hydrogen-bond donors (Lipinski definition) is 1. The Morgan fingerprint density at radius 3 is 2.95 bits per heavy atom. The van der Waals surface area contributed by atoms with Gasteiger partial charge in [0.1, 0.15) is 0 Å². The van der Waals surface area contributed by atoms with Gasteiger partial charge in [0.05, 0.1) is 0 Å². The standard InChI is InChI=1S/C13H24N4OS/c1-3-17(4-2)7-5-12-15-13(18-16-12)9-11-10-19-8-6-14-11/h11,14H,3-10H2,1-2H3. The Balaban J connectivity index is 1.77. The maximum atomic E-state index is 5.34. The van der Waals surface area contributed by atoms with Crippen LogP contribution in [0.5, 0.6) is 0 Å². The topological polar surface area (TPSA) is 54.2 Å². The van der Waals surface area contributed by atoms with E-state index in [1.54, 1.807) is 0 Å². The summed E-state index contributed by atoms with van der Waals surface area (Å²) >= 11 is 1.99. The molecule has 0 saturated carbocycles. The minimum absolute atomic E-state index is 0.481. The molecule has 1 N–H and O–H groups in total. The van der Waals surface area contributed by atoms with Crippen LogP contribution in [0.1, 0.15) is 25.6 Å². The molecule has 1 aromatic heterocycles. The molecule has 1 atom stereocenters. The van der Waals surface area contributed by atoms with E-state index in [1.807, 2.05) is 11.8 Å². The van der Waals surface area contributed by atoms with Crippen molar-refractivity contribution in [3.05, 3.63) is 11.7 Å². The molecule has 2 rings (SSSR count). The maximum absolute atomic E-state index is 5.34. The zero-order valence-corrected chi connectivity index (χ0v) is 12.7. The zero-order valence-electron chi connectivity index (χ0n) is 11.9. The van der Waals surface area contributed by atoms with Gasteiger partial charge in [-0.15, -0.1) is 0 Å². The number of nitrogens with one attached hydrogen (secondary N) is 1. The molecule has 5 nitrogen and oxygen atoms in total. The van der Waals surface area contributed by atoms with Crippen molar-refractivity contribution in [1.82, 2.24) is 20.4 Å². The predicted octanol–water partition coefficient (Wildman–Crippen LogP) is 1.20. The molecule has 1 saturated heterocycles. The average Bonchev–Trinajstić information content (AvgIpc) is 2.89. The summed E-state index contributed by atoms with van der Waals surface area (Å²) in [6.07, 6.45) is 1.73. The normalized spacial score (nSPS) is 20.1. The van der Waals surface area contributed by atoms with Crippen LogP contribution in [0.3, 0.4) is 0 Å². The summed E-state index contributed by atoms with van der Waals surface area (Å²) in [6, 6.07) is 0.481. The first-order valence-corrected chi connectivity index (χ1v) is 8.32. The molecule has 1 unspecified atom stereocenters. The summed E-state index contributed by atoms with van der Waals surface area (Å²) in [5.74, 6) is 3.95. The minimum Gasteiger partial charge on any atom is -0.339 e. The molecular formula is C13H24N4OS. The van der Waals surface area contributed by atoms with Gasteiger partial charge in [-0.1, -0.05) is 19.0 Å². The van der Waals surface area contributed by atoms with Crippen molar-refractivity contribution in [2.24, 2.45) is 0 Å². The lowest BCUT2D eigenvalue weighted by Gasteiger charge is -2.21. The highest BCUT2D eigenvalue weighted by Crippen LogP contribution is 2.11. The molecule has 19 heavy (non-hydrogen) atoms. The lowest BCUT2D eigenvalue weighted by Crippen LogP contribution is -2.38. The van der Waals surface area contributed by atoms with Crippen LogP contribution in [0.25, 0.3) is 0 Å². The lowest BCUT2D eigenvalue weighted by molar-refractivity contribution is 0.302. The average molecular weight is 284 g/mol. The van der Waals surface area contributed by atoms with Crippen molar-refractivity contribution in [1.29, 1.82) is 0 Å². The van der Waals surface area contributed by atoms with Crippen LogP contribution in [-0.2, 0) is 12.8 Å². The van der Waals surface area contributed by atoms with Crippen molar-refractivity contribution in [3.8, 4) is 0 Å². The molecule has 2 heterocycles. The van der Waals surface area contributed by atoms with Gasteiger partial charge in [0.2, 0.25) is 5.89 Å². The first-order chi connectivity index (χ1) is 9.31. The van der Waals surface area contributed by atoms with Crippen LogP contribution in [0.4, 0.5) is 0 Å². The molecule has 108 valence electrons. The summed E-state index contributed by atoms with van der Waals surface area (Å²) in [5.41, 5.74) is 0. The Morgan fingerprint density at radius 2 is 2.26 bits per heavy atom. The monoisotopic (exact) mass is 284 g/mol. The Kier molecular flexibility index (Phi) is 6.13. The van der Waals surface area contributed by atoms with Crippen molar-refractivity contribution in [3.63, 3.8) is 0 Å². The van der Waals surface area contributed by atoms with Gasteiger partial charge in [0.25, 0.3) is 0 Å². The summed E-state index contributed by atoms with van der Waals surface area (Å²) < 4.78 is 5.34. The van der Waals surface area contributed by atoms with Gasteiger partial charge >= 0.3 is 0 Å². The van der Waals surface area contributed by atoms with Gasteiger partial charge in [0, 0.05) is 43.5 Å². The Bertz CT molecular complexity index is 361. The summed E-state index contributed by atoms with van der Waals surface area (Å²) in [5, 5.41) is 7.56. The second kappa shape index (κ2) is 7.87. The molecule has 0 bridgehead atoms. The minimum atomic E-state index is 0.481. The smallest absolute Gasteiger partial charge is 0.228 e. The molecule has 0 aliphatic carbocycles. The number of rotatable bonds is 7. The molecular weight excluding hydrogens is 260 g/mol. The van der Waals surface area contributed by atoms with Crippen LogP contribution >= 0.6 is 11.8 Å². The van der Waals surface area contributed by atoms with Crippen molar-refractivity contribution in [2.45, 2.75) is 32.7 Å². The van der Waals surface area contributed by atoms with Gasteiger partial charge in [-0.3, -0.25) is 0 Å². The van der Waals surface area contributed by atoms with Gasteiger partial charge < -0.3 is 14.7 Å². The molecule has 6 heteroatoms. The lowest BCUT2D eigenvalue weighted by atomic mass is 10.2. The van der Waals surface area contributed by atoms with Crippen molar-refractivity contribution < 1.29 is 4.52 Å². The first-order valence-electron chi connectivity index (χ1n) is 7.16. The zero-order chi connectivity index (χ0) is 13.5. The number of hydrogen-bond acceptors (Lipinski definition) is 6. The van der Waals surface area contributed by atoms with Crippen LogP contribution in [0.15, 0.2) is 4.52 Å². The van der Waals surface area contributed by atoms with E-state index in [9.17, 15) is 0 Å². The molecule has 1 aliphatic heterocycles. The first kappa shape index (κ1) is 14.8. The molecule has 1 aliphatic rings. The third-order valence-electron chi connectivity index (χ3n) is 3.48. The molecule has 0 amide bonds. The Hall–Kier alpha value is -0.590. The third kappa shape index (κ3) is 4.78. The Labute approximate surface area is 119 Å². The highest BCUT2D eigenvalue weighted by molar-refractivity contribution is 7.99. The van der Waals surface area contributed by atoms with E-state index in [4.69, 9.17) is 4.52 Å². The SMILES string of the molecule is CCN(CC)CCc1noc(CC2CSCCN2)n1. The fraction of sp³-hybridized carbons (Fsp3) is 0.846. The molecule has 0 radical (unpaired) electrons. The van der Waals surface area contributed by atoms with E-state index < -0.39 is 0 Å². The summed E-state index contributed by atoms with van der Waals surface area (Å²) in [7, 11) is 0. The quantitative estimate of drug-likeness (QED) is 0.812. The summed E-state index contributed by atoms with van der Waals surface area (Å²) in [6.45, 7) is 8.59. The van der Waals surface area contributed by atoms with Crippen LogP contribution < -0.4 is 5.32 Å². The second-order valence-corrected chi connectivity index (χ2v) is 5.96. The van der Waals surface area contributed by atoms with Crippen LogP contribution in [-0.4, -0.2) is 58.8 Å². The van der Waals surface area contributed by atoms with E-state index in [2.05, 4.69) is 34.2 Å².